The number of hydrogen-bond acceptors (Lipinski definition) is 7. The molecule has 28 heavy (non-hydrogen) atoms. The number of esters is 1. The van der Waals surface area contributed by atoms with Gasteiger partial charge in [-0.05, 0) is 12.0 Å². The second-order valence-corrected chi connectivity index (χ2v) is 7.43. The van der Waals surface area contributed by atoms with Crippen LogP contribution in [0.15, 0.2) is 30.3 Å². The second kappa shape index (κ2) is 7.50. The van der Waals surface area contributed by atoms with Crippen molar-refractivity contribution in [2.24, 2.45) is 0 Å². The lowest BCUT2D eigenvalue weighted by molar-refractivity contribution is -0.149. The molecule has 0 bridgehead atoms. The average Bonchev–Trinajstić information content (AvgIpc) is 3.11. The van der Waals surface area contributed by atoms with Gasteiger partial charge in [-0.1, -0.05) is 30.3 Å². The van der Waals surface area contributed by atoms with E-state index in [0.29, 0.717) is 0 Å². The Morgan fingerprint density at radius 1 is 1.18 bits per heavy atom. The number of ether oxygens (including phenoxy) is 1. The molecule has 3 saturated heterocycles. The van der Waals surface area contributed by atoms with E-state index in [1.165, 1.54) is 7.05 Å². The van der Waals surface area contributed by atoms with Crippen LogP contribution in [0, 0.1) is 0 Å². The lowest BCUT2D eigenvalue weighted by atomic mass is 10.1. The number of nitrogens with one attached hydrogen (secondary N) is 1. The summed E-state index contributed by atoms with van der Waals surface area (Å²) in [6.07, 6.45) is 0.156. The van der Waals surface area contributed by atoms with E-state index in [9.17, 15) is 14.4 Å². The molecular weight excluding hydrogens is 362 g/mol. The van der Waals surface area contributed by atoms with Crippen molar-refractivity contribution < 1.29 is 19.1 Å². The fourth-order valence-corrected chi connectivity index (χ4v) is 4.19. The van der Waals surface area contributed by atoms with Crippen LogP contribution in [0.3, 0.4) is 0 Å². The molecule has 3 heterocycles. The molecule has 1 aromatic rings. The van der Waals surface area contributed by atoms with Crippen molar-refractivity contribution in [2.45, 2.75) is 31.5 Å². The van der Waals surface area contributed by atoms with Gasteiger partial charge in [0.1, 0.15) is 25.1 Å². The van der Waals surface area contributed by atoms with Gasteiger partial charge in [-0.2, -0.15) is 0 Å². The summed E-state index contributed by atoms with van der Waals surface area (Å²) in [5.74, 6) is -0.521. The fourth-order valence-electron chi connectivity index (χ4n) is 4.19. The summed E-state index contributed by atoms with van der Waals surface area (Å²) >= 11 is 0. The van der Waals surface area contributed by atoms with Crippen LogP contribution in [-0.4, -0.2) is 89.7 Å². The number of benzene rings is 1. The van der Waals surface area contributed by atoms with Crippen molar-refractivity contribution in [2.75, 3.05) is 33.7 Å². The van der Waals surface area contributed by atoms with Gasteiger partial charge in [0.05, 0.1) is 6.54 Å². The molecule has 3 unspecified atom stereocenters. The van der Waals surface area contributed by atoms with Gasteiger partial charge in [0, 0.05) is 27.2 Å². The summed E-state index contributed by atoms with van der Waals surface area (Å²) in [5, 5.41) is 3.36. The van der Waals surface area contributed by atoms with Crippen LogP contribution in [0.2, 0.25) is 0 Å². The first-order valence-corrected chi connectivity index (χ1v) is 9.47. The van der Waals surface area contributed by atoms with Crippen LogP contribution >= 0.6 is 0 Å². The number of likely N-dealkylation sites (N-methyl/N-ethyl adjacent to an activating group) is 2. The maximum atomic E-state index is 12.7. The molecular formula is C19H25N5O4. The molecule has 0 radical (unpaired) electrons. The van der Waals surface area contributed by atoms with Crippen molar-refractivity contribution in [3.63, 3.8) is 0 Å². The molecule has 3 aliphatic heterocycles. The van der Waals surface area contributed by atoms with Crippen LogP contribution in [0.5, 0.6) is 0 Å². The van der Waals surface area contributed by atoms with E-state index < -0.39 is 12.2 Å². The van der Waals surface area contributed by atoms with Crippen LogP contribution in [0.4, 0.5) is 4.79 Å². The first-order chi connectivity index (χ1) is 13.5. The smallest absolute Gasteiger partial charge is 0.327 e. The highest BCUT2D eigenvalue weighted by molar-refractivity contribution is 6.00. The molecule has 3 fully saturated rings. The highest BCUT2D eigenvalue weighted by Gasteiger charge is 2.55. The Hall–Kier alpha value is -2.49. The van der Waals surface area contributed by atoms with E-state index in [4.69, 9.17) is 4.74 Å². The van der Waals surface area contributed by atoms with E-state index >= 15 is 0 Å². The van der Waals surface area contributed by atoms with Crippen molar-refractivity contribution in [1.82, 2.24) is 24.9 Å². The predicted octanol–water partition coefficient (Wildman–Crippen LogP) is -0.157. The Balaban J connectivity index is 1.42. The normalized spacial score (nSPS) is 28.3. The highest BCUT2D eigenvalue weighted by Crippen LogP contribution is 2.29. The third-order valence-electron chi connectivity index (χ3n) is 5.66. The molecule has 150 valence electrons. The van der Waals surface area contributed by atoms with E-state index in [-0.39, 0.29) is 37.3 Å². The fraction of sp³-hybridized carbons (Fsp3) is 0.526. The zero-order chi connectivity index (χ0) is 19.8. The number of rotatable bonds is 4. The molecule has 9 nitrogen and oxygen atoms in total. The van der Waals surface area contributed by atoms with Crippen molar-refractivity contribution in [3.05, 3.63) is 35.9 Å². The molecule has 4 rings (SSSR count). The molecule has 1 N–H and O–H groups in total. The first-order valence-electron chi connectivity index (χ1n) is 9.47. The van der Waals surface area contributed by atoms with E-state index in [2.05, 4.69) is 5.32 Å². The van der Waals surface area contributed by atoms with E-state index in [0.717, 1.165) is 30.0 Å². The van der Waals surface area contributed by atoms with Gasteiger partial charge in [0.25, 0.3) is 5.91 Å². The minimum atomic E-state index is -0.444. The molecule has 0 spiro atoms. The summed E-state index contributed by atoms with van der Waals surface area (Å²) in [6.45, 7) is 1.81. The molecule has 3 amide bonds. The van der Waals surface area contributed by atoms with Crippen LogP contribution in [0.1, 0.15) is 12.0 Å². The van der Waals surface area contributed by atoms with Gasteiger partial charge in [-0.25, -0.2) is 4.79 Å². The molecule has 0 aromatic heterocycles. The number of carbonyl (C=O) groups excluding carboxylic acids is 3. The van der Waals surface area contributed by atoms with Gasteiger partial charge in [-0.3, -0.25) is 29.6 Å². The molecule has 3 atom stereocenters. The third kappa shape index (κ3) is 3.25. The first kappa shape index (κ1) is 18.9. The molecule has 9 heteroatoms. The Bertz CT molecular complexity index is 773. The van der Waals surface area contributed by atoms with Gasteiger partial charge in [-0.15, -0.1) is 0 Å². The van der Waals surface area contributed by atoms with Crippen molar-refractivity contribution >= 4 is 17.9 Å². The number of carbonyl (C=O) groups is 3. The Labute approximate surface area is 163 Å². The predicted molar refractivity (Wildman–Crippen MR) is 99.6 cm³/mol. The topological polar surface area (TPSA) is 85.4 Å². The SMILES string of the molecule is CN1C(=O)C2C(NC3N(CC(=O)OCc4ccccc4)CCCN23)N(C)C1=O. The summed E-state index contributed by atoms with van der Waals surface area (Å²) in [4.78, 5) is 44.0. The monoisotopic (exact) mass is 387 g/mol. The summed E-state index contributed by atoms with van der Waals surface area (Å²) in [5.41, 5.74) is 0.940. The van der Waals surface area contributed by atoms with Crippen molar-refractivity contribution in [3.8, 4) is 0 Å². The van der Waals surface area contributed by atoms with Crippen LogP contribution < -0.4 is 5.32 Å². The number of fused-ring (bicyclic) bond motifs is 3. The quantitative estimate of drug-likeness (QED) is 0.719. The Morgan fingerprint density at radius 3 is 2.68 bits per heavy atom. The lowest BCUT2D eigenvalue weighted by Crippen LogP contribution is -2.65. The standard InChI is InChI=1S/C19H25N5O4/c1-21-16-15(17(26)22(2)19(21)27)24-10-6-9-23(18(24)20-16)11-14(25)28-12-13-7-4-3-5-8-13/h3-5,7-8,15-16,18,20H,6,9-12H2,1-2H3. The number of urea groups is 1. The summed E-state index contributed by atoms with van der Waals surface area (Å²) < 4.78 is 5.41. The highest BCUT2D eigenvalue weighted by atomic mass is 16.5. The van der Waals surface area contributed by atoms with Gasteiger partial charge in [0.15, 0.2) is 0 Å². The number of nitrogens with zero attached hydrogens (tertiary/aromatic N) is 4. The van der Waals surface area contributed by atoms with Gasteiger partial charge in [0.2, 0.25) is 0 Å². The summed E-state index contributed by atoms with van der Waals surface area (Å²) in [6, 6.07) is 8.78. The number of imide groups is 1. The Morgan fingerprint density at radius 2 is 1.93 bits per heavy atom. The molecule has 0 aliphatic carbocycles. The van der Waals surface area contributed by atoms with Crippen LogP contribution in [0.25, 0.3) is 0 Å². The summed E-state index contributed by atoms with van der Waals surface area (Å²) in [7, 11) is 3.19. The lowest BCUT2D eigenvalue weighted by Gasteiger charge is -2.42. The minimum absolute atomic E-state index is 0.127. The zero-order valence-corrected chi connectivity index (χ0v) is 16.1. The molecule has 0 saturated carbocycles. The number of amides is 3. The van der Waals surface area contributed by atoms with E-state index in [1.54, 1.807) is 11.9 Å². The molecule has 3 aliphatic rings. The van der Waals surface area contributed by atoms with E-state index in [1.807, 2.05) is 40.1 Å². The zero-order valence-electron chi connectivity index (χ0n) is 16.1. The maximum absolute atomic E-state index is 12.7. The number of hydrogen-bond donors (Lipinski definition) is 1. The second-order valence-electron chi connectivity index (χ2n) is 7.43. The van der Waals surface area contributed by atoms with Gasteiger partial charge < -0.3 is 9.64 Å². The molecule has 1 aromatic carbocycles. The Kier molecular flexibility index (Phi) is 5.05. The average molecular weight is 387 g/mol. The third-order valence-corrected chi connectivity index (χ3v) is 5.66. The van der Waals surface area contributed by atoms with Crippen LogP contribution in [-0.2, 0) is 20.9 Å². The van der Waals surface area contributed by atoms with Gasteiger partial charge >= 0.3 is 12.0 Å². The largest absolute Gasteiger partial charge is 0.460 e. The maximum Gasteiger partial charge on any atom is 0.327 e. The van der Waals surface area contributed by atoms with Crippen molar-refractivity contribution in [1.29, 1.82) is 0 Å². The minimum Gasteiger partial charge on any atom is -0.460 e.